The number of fused-ring (bicyclic) bond motifs is 1. The predicted molar refractivity (Wildman–Crippen MR) is 93.1 cm³/mol. The number of hydrogen-bond donors (Lipinski definition) is 1. The number of ether oxygens (including phenoxy) is 2. The summed E-state index contributed by atoms with van der Waals surface area (Å²) in [6, 6.07) is 3.72. The fourth-order valence-electron chi connectivity index (χ4n) is 2.64. The zero-order valence-corrected chi connectivity index (χ0v) is 14.9. The summed E-state index contributed by atoms with van der Waals surface area (Å²) < 4.78 is 18.8. The maximum atomic E-state index is 10.1. The Morgan fingerprint density at radius 3 is 2.92 bits per heavy atom. The topological polar surface area (TPSA) is 82.5 Å². The first-order chi connectivity index (χ1) is 12.2. The number of aliphatic hydroxyl groups is 1. The van der Waals surface area contributed by atoms with Crippen molar-refractivity contribution in [3.63, 3.8) is 0 Å². The van der Waals surface area contributed by atoms with Crippen molar-refractivity contribution in [2.75, 3.05) is 13.2 Å². The van der Waals surface area contributed by atoms with E-state index in [-0.39, 0.29) is 0 Å². The first kappa shape index (κ1) is 16.2. The molecule has 1 aliphatic heterocycles. The molecule has 0 aliphatic carbocycles. The van der Waals surface area contributed by atoms with Crippen LogP contribution in [0.4, 0.5) is 0 Å². The van der Waals surface area contributed by atoms with Gasteiger partial charge in [-0.15, -0.1) is 16.4 Å². The predicted octanol–water partition coefficient (Wildman–Crippen LogP) is 3.12. The van der Waals surface area contributed by atoms with Crippen LogP contribution in [0.3, 0.4) is 0 Å². The van der Waals surface area contributed by atoms with Gasteiger partial charge in [0.15, 0.2) is 23.1 Å². The Kier molecular flexibility index (Phi) is 4.22. The summed E-state index contributed by atoms with van der Waals surface area (Å²) in [5.74, 6) is 3.96. The van der Waals surface area contributed by atoms with Gasteiger partial charge in [-0.1, -0.05) is 6.92 Å². The second-order valence-electron chi connectivity index (χ2n) is 5.87. The van der Waals surface area contributed by atoms with Crippen molar-refractivity contribution >= 4 is 11.3 Å². The van der Waals surface area contributed by atoms with Crippen molar-refractivity contribution in [2.24, 2.45) is 0 Å². The average Bonchev–Trinajstić information content (AvgIpc) is 3.32. The Hall–Kier alpha value is -2.32. The molecule has 3 aromatic rings. The normalized spacial score (nSPS) is 14.7. The van der Waals surface area contributed by atoms with Gasteiger partial charge in [-0.05, 0) is 25.5 Å². The molecule has 25 heavy (non-hydrogen) atoms. The molecule has 0 saturated heterocycles. The summed E-state index contributed by atoms with van der Waals surface area (Å²) in [4.78, 5) is 5.50. The van der Waals surface area contributed by atoms with Crippen molar-refractivity contribution in [2.45, 2.75) is 32.9 Å². The van der Waals surface area contributed by atoms with Gasteiger partial charge >= 0.3 is 0 Å². The highest BCUT2D eigenvalue weighted by molar-refractivity contribution is 7.14. The average molecular weight is 361 g/mol. The lowest BCUT2D eigenvalue weighted by Gasteiger charge is -2.16. The van der Waals surface area contributed by atoms with Crippen molar-refractivity contribution in [1.82, 2.24) is 14.8 Å². The van der Waals surface area contributed by atoms with Gasteiger partial charge in [0.25, 0.3) is 0 Å². The van der Waals surface area contributed by atoms with Crippen molar-refractivity contribution in [3.8, 4) is 33.8 Å². The minimum Gasteiger partial charge on any atom is -0.485 e. The highest BCUT2D eigenvalue weighted by atomic mass is 32.1. The van der Waals surface area contributed by atoms with Gasteiger partial charge in [0, 0.05) is 5.38 Å². The number of aliphatic hydroxyl groups excluding tert-OH is 1. The van der Waals surface area contributed by atoms with Crippen LogP contribution in [0, 0.1) is 6.92 Å². The van der Waals surface area contributed by atoms with Crippen LogP contribution >= 0.6 is 11.3 Å². The number of rotatable bonds is 5. The third kappa shape index (κ3) is 3.03. The molecule has 7 nitrogen and oxygen atoms in total. The van der Waals surface area contributed by atoms with E-state index in [1.54, 1.807) is 4.68 Å². The Bertz CT molecular complexity index is 882. The molecule has 1 N–H and O–H groups in total. The van der Waals surface area contributed by atoms with Gasteiger partial charge in [0.1, 0.15) is 23.9 Å². The minimum atomic E-state index is -0.500. The van der Waals surface area contributed by atoms with Gasteiger partial charge in [-0.25, -0.2) is 9.67 Å². The fourth-order valence-corrected chi connectivity index (χ4v) is 3.57. The summed E-state index contributed by atoms with van der Waals surface area (Å²) in [6.07, 6.45) is 0.135. The maximum Gasteiger partial charge on any atom is 0.217 e. The van der Waals surface area contributed by atoms with Crippen LogP contribution in [0.15, 0.2) is 21.9 Å². The Labute approximate surface area is 148 Å². The molecular weight excluding hydrogens is 342 g/mol. The molecule has 8 heteroatoms. The van der Waals surface area contributed by atoms with Crippen LogP contribution in [0.5, 0.6) is 11.5 Å². The molecule has 3 aromatic heterocycles. The molecule has 0 spiro atoms. The summed E-state index contributed by atoms with van der Waals surface area (Å²) in [5.41, 5.74) is 0. The molecule has 1 atom stereocenters. The van der Waals surface area contributed by atoms with E-state index in [4.69, 9.17) is 13.9 Å². The molecular formula is C17H19N3O4S. The molecule has 0 unspecified atom stereocenters. The van der Waals surface area contributed by atoms with Crippen LogP contribution in [0.25, 0.3) is 22.3 Å². The quantitative estimate of drug-likeness (QED) is 0.752. The monoisotopic (exact) mass is 361 g/mol. The minimum absolute atomic E-state index is 0.353. The van der Waals surface area contributed by atoms with Gasteiger partial charge in [0.2, 0.25) is 5.82 Å². The Morgan fingerprint density at radius 1 is 1.32 bits per heavy atom. The summed E-state index contributed by atoms with van der Waals surface area (Å²) in [6.45, 7) is 5.21. The zero-order chi connectivity index (χ0) is 17.4. The molecule has 4 heterocycles. The highest BCUT2D eigenvalue weighted by Crippen LogP contribution is 2.45. The van der Waals surface area contributed by atoms with E-state index in [0.29, 0.717) is 49.3 Å². The van der Waals surface area contributed by atoms with E-state index in [9.17, 15) is 5.11 Å². The molecule has 0 bridgehead atoms. The van der Waals surface area contributed by atoms with E-state index >= 15 is 0 Å². The van der Waals surface area contributed by atoms with Crippen LogP contribution < -0.4 is 9.47 Å². The lowest BCUT2D eigenvalue weighted by atomic mass is 10.3. The van der Waals surface area contributed by atoms with E-state index < -0.39 is 6.10 Å². The third-order valence-corrected chi connectivity index (χ3v) is 4.93. The molecule has 132 valence electrons. The summed E-state index contributed by atoms with van der Waals surface area (Å²) in [5, 5.41) is 16.6. The number of aromatic nitrogens is 3. The maximum absolute atomic E-state index is 10.1. The summed E-state index contributed by atoms with van der Waals surface area (Å²) >= 11 is 1.50. The highest BCUT2D eigenvalue weighted by Gasteiger charge is 2.26. The third-order valence-electron chi connectivity index (χ3n) is 3.99. The smallest absolute Gasteiger partial charge is 0.217 e. The van der Waals surface area contributed by atoms with E-state index in [2.05, 4.69) is 10.1 Å². The van der Waals surface area contributed by atoms with Crippen molar-refractivity contribution in [3.05, 3.63) is 23.3 Å². The molecule has 0 saturated carbocycles. The van der Waals surface area contributed by atoms with E-state index in [1.807, 2.05) is 31.4 Å². The number of hydrogen-bond acceptors (Lipinski definition) is 7. The largest absolute Gasteiger partial charge is 0.485 e. The van der Waals surface area contributed by atoms with Crippen LogP contribution in [-0.4, -0.2) is 39.2 Å². The van der Waals surface area contributed by atoms with Gasteiger partial charge in [-0.2, -0.15) is 0 Å². The van der Waals surface area contributed by atoms with E-state index in [1.165, 1.54) is 11.3 Å². The number of furan rings is 1. The standard InChI is InChI=1S/C17H19N3O4S/c1-3-11(21)8-20-17(15-14-13(9-25-15)22-6-7-23-14)18-16(19-20)12-5-4-10(2)24-12/h4-5,9,11,21H,3,6-8H2,1-2H3/t11-/m0/s1. The number of aryl methyl sites for hydroxylation is 1. The molecule has 4 rings (SSSR count). The molecule has 0 fully saturated rings. The first-order valence-electron chi connectivity index (χ1n) is 8.23. The lowest BCUT2D eigenvalue weighted by molar-refractivity contribution is 0.145. The molecule has 0 amide bonds. The Balaban J connectivity index is 1.79. The molecule has 0 aromatic carbocycles. The second kappa shape index (κ2) is 6.53. The molecule has 0 radical (unpaired) electrons. The second-order valence-corrected chi connectivity index (χ2v) is 6.75. The number of thiophene rings is 1. The van der Waals surface area contributed by atoms with Crippen LogP contribution in [-0.2, 0) is 6.54 Å². The summed E-state index contributed by atoms with van der Waals surface area (Å²) in [7, 11) is 0. The van der Waals surface area contributed by atoms with Crippen LogP contribution in [0.2, 0.25) is 0 Å². The van der Waals surface area contributed by atoms with Crippen molar-refractivity contribution in [1.29, 1.82) is 0 Å². The van der Waals surface area contributed by atoms with Gasteiger partial charge in [0.05, 0.1) is 12.6 Å². The lowest BCUT2D eigenvalue weighted by Crippen LogP contribution is -2.17. The van der Waals surface area contributed by atoms with E-state index in [0.717, 1.165) is 16.4 Å². The fraction of sp³-hybridized carbons (Fsp3) is 0.412. The van der Waals surface area contributed by atoms with Gasteiger partial charge in [-0.3, -0.25) is 0 Å². The molecule has 1 aliphatic rings. The van der Waals surface area contributed by atoms with Crippen molar-refractivity contribution < 1.29 is 19.0 Å². The first-order valence-corrected chi connectivity index (χ1v) is 9.11. The Morgan fingerprint density at radius 2 is 2.16 bits per heavy atom. The van der Waals surface area contributed by atoms with Gasteiger partial charge < -0.3 is 19.0 Å². The van der Waals surface area contributed by atoms with Crippen LogP contribution in [0.1, 0.15) is 19.1 Å². The zero-order valence-electron chi connectivity index (χ0n) is 14.1. The number of nitrogens with zero attached hydrogens (tertiary/aromatic N) is 3. The SMILES string of the molecule is CC[C@H](O)Cn1nc(-c2ccc(C)o2)nc1-c1scc2c1OCCO2.